The van der Waals surface area contributed by atoms with Crippen LogP contribution >= 0.6 is 34.9 Å². The summed E-state index contributed by atoms with van der Waals surface area (Å²) in [5.74, 6) is 0.223. The number of hydrogen-bond acceptors (Lipinski definition) is 9. The van der Waals surface area contributed by atoms with Gasteiger partial charge in [0.1, 0.15) is 4.90 Å². The Morgan fingerprint density at radius 1 is 1.00 bits per heavy atom. The molecule has 164 valence electrons. The number of nitrogens with one attached hydrogen (secondary N) is 2. The maximum absolute atomic E-state index is 13.0. The van der Waals surface area contributed by atoms with Crippen molar-refractivity contribution in [3.8, 4) is 5.75 Å². The van der Waals surface area contributed by atoms with E-state index in [1.165, 1.54) is 16.4 Å². The monoisotopic (exact) mass is 501 g/mol. The summed E-state index contributed by atoms with van der Waals surface area (Å²) in [6.45, 7) is 1.07. The number of hydrogen-bond donors (Lipinski definition) is 3. The Morgan fingerprint density at radius 3 is 2.32 bits per heavy atom. The molecule has 0 bridgehead atoms. The Bertz CT molecular complexity index is 1200. The Labute approximate surface area is 192 Å². The second kappa shape index (κ2) is 9.15. The zero-order chi connectivity index (χ0) is 22.0. The SMILES string of the molecule is O=S(=O)(c1cccc(Nc2nsnc2Nc2cccc(Cl)c2Cl)c1O)N1CCOCC1. The Balaban J connectivity index is 1.61. The van der Waals surface area contributed by atoms with Gasteiger partial charge in [-0.25, -0.2) is 8.42 Å². The summed E-state index contributed by atoms with van der Waals surface area (Å²) >= 11 is 13.2. The highest BCUT2D eigenvalue weighted by molar-refractivity contribution is 7.89. The zero-order valence-electron chi connectivity index (χ0n) is 15.9. The molecule has 0 spiro atoms. The highest BCUT2D eigenvalue weighted by Crippen LogP contribution is 2.37. The minimum atomic E-state index is -3.88. The molecule has 0 radical (unpaired) electrons. The molecule has 0 amide bonds. The van der Waals surface area contributed by atoms with Gasteiger partial charge >= 0.3 is 0 Å². The fourth-order valence-electron chi connectivity index (χ4n) is 2.97. The lowest BCUT2D eigenvalue weighted by atomic mass is 10.3. The molecule has 2 aromatic carbocycles. The molecule has 2 heterocycles. The van der Waals surface area contributed by atoms with Crippen molar-refractivity contribution >= 4 is 68.0 Å². The van der Waals surface area contributed by atoms with Crippen molar-refractivity contribution in [2.45, 2.75) is 4.90 Å². The highest BCUT2D eigenvalue weighted by Gasteiger charge is 2.30. The second-order valence-corrected chi connectivity index (χ2v) is 9.70. The van der Waals surface area contributed by atoms with Crippen molar-refractivity contribution in [2.24, 2.45) is 0 Å². The molecule has 1 fully saturated rings. The Morgan fingerprint density at radius 2 is 1.61 bits per heavy atom. The van der Waals surface area contributed by atoms with Gasteiger partial charge in [-0.3, -0.25) is 0 Å². The molecule has 3 aromatic rings. The molecule has 13 heteroatoms. The van der Waals surface area contributed by atoms with Crippen molar-refractivity contribution < 1.29 is 18.3 Å². The van der Waals surface area contributed by atoms with Crippen LogP contribution in [0.2, 0.25) is 10.0 Å². The number of nitrogens with zero attached hydrogens (tertiary/aromatic N) is 3. The van der Waals surface area contributed by atoms with Crippen LogP contribution in [0.15, 0.2) is 41.3 Å². The molecule has 3 N–H and O–H groups in total. The first-order valence-electron chi connectivity index (χ1n) is 9.08. The number of halogens is 2. The number of benzene rings is 2. The van der Waals surface area contributed by atoms with Crippen molar-refractivity contribution in [1.29, 1.82) is 0 Å². The molecule has 4 rings (SSSR count). The van der Waals surface area contributed by atoms with Gasteiger partial charge in [0, 0.05) is 13.1 Å². The molecule has 1 saturated heterocycles. The number of sulfonamides is 1. The number of anilines is 4. The van der Waals surface area contributed by atoms with Crippen LogP contribution in [0.5, 0.6) is 5.75 Å². The van der Waals surface area contributed by atoms with E-state index in [2.05, 4.69) is 19.4 Å². The number of morpholine rings is 1. The first kappa shape index (κ1) is 22.1. The van der Waals surface area contributed by atoms with E-state index < -0.39 is 15.8 Å². The average molecular weight is 502 g/mol. The number of aromatic hydroxyl groups is 1. The van der Waals surface area contributed by atoms with Gasteiger partial charge in [0.2, 0.25) is 10.0 Å². The molecule has 9 nitrogen and oxygen atoms in total. The summed E-state index contributed by atoms with van der Waals surface area (Å²) in [4.78, 5) is -0.199. The van der Waals surface area contributed by atoms with Gasteiger partial charge in [0.25, 0.3) is 0 Å². The third-order valence-corrected chi connectivity index (χ3v) is 7.81. The van der Waals surface area contributed by atoms with Crippen molar-refractivity contribution in [2.75, 3.05) is 36.9 Å². The average Bonchev–Trinajstić information content (AvgIpc) is 3.20. The van der Waals surface area contributed by atoms with Gasteiger partial charge in [0.05, 0.1) is 46.4 Å². The van der Waals surface area contributed by atoms with Gasteiger partial charge in [-0.15, -0.1) is 0 Å². The smallest absolute Gasteiger partial charge is 0.246 e. The largest absolute Gasteiger partial charge is 0.504 e. The predicted molar refractivity (Wildman–Crippen MR) is 121 cm³/mol. The fraction of sp³-hybridized carbons (Fsp3) is 0.222. The molecule has 1 aliphatic heterocycles. The van der Waals surface area contributed by atoms with Crippen LogP contribution in [0.4, 0.5) is 23.0 Å². The lowest BCUT2D eigenvalue weighted by Crippen LogP contribution is -2.40. The summed E-state index contributed by atoms with van der Waals surface area (Å²) in [6, 6.07) is 9.56. The maximum Gasteiger partial charge on any atom is 0.246 e. The lowest BCUT2D eigenvalue weighted by molar-refractivity contribution is 0.0729. The van der Waals surface area contributed by atoms with E-state index in [1.807, 2.05) is 0 Å². The molecular formula is C18H17Cl2N5O4S2. The Hall–Kier alpha value is -2.15. The van der Waals surface area contributed by atoms with E-state index in [9.17, 15) is 13.5 Å². The van der Waals surface area contributed by atoms with Gasteiger partial charge in [-0.1, -0.05) is 35.3 Å². The van der Waals surface area contributed by atoms with Crippen LogP contribution in [-0.4, -0.2) is 52.9 Å². The number of phenols is 1. The second-order valence-electron chi connectivity index (χ2n) is 6.48. The Kier molecular flexibility index (Phi) is 6.51. The van der Waals surface area contributed by atoms with Gasteiger partial charge in [0.15, 0.2) is 17.4 Å². The van der Waals surface area contributed by atoms with Crippen molar-refractivity contribution in [3.63, 3.8) is 0 Å². The summed E-state index contributed by atoms with van der Waals surface area (Å²) in [7, 11) is -3.88. The minimum absolute atomic E-state index is 0.169. The quantitative estimate of drug-likeness (QED) is 0.432. The molecule has 31 heavy (non-hydrogen) atoms. The predicted octanol–water partition coefficient (Wildman–Crippen LogP) is 4.06. The third kappa shape index (κ3) is 4.56. The van der Waals surface area contributed by atoms with Crippen molar-refractivity contribution in [3.05, 3.63) is 46.4 Å². The van der Waals surface area contributed by atoms with Crippen LogP contribution in [0.25, 0.3) is 0 Å². The number of ether oxygens (including phenoxy) is 1. The van der Waals surface area contributed by atoms with Crippen LogP contribution in [0.1, 0.15) is 0 Å². The summed E-state index contributed by atoms with van der Waals surface area (Å²) < 4.78 is 40.8. The van der Waals surface area contributed by atoms with E-state index >= 15 is 0 Å². The lowest BCUT2D eigenvalue weighted by Gasteiger charge is -2.26. The molecule has 0 atom stereocenters. The molecule has 0 aliphatic carbocycles. The molecule has 0 saturated carbocycles. The minimum Gasteiger partial charge on any atom is -0.504 e. The van der Waals surface area contributed by atoms with Crippen LogP contribution in [0.3, 0.4) is 0 Å². The maximum atomic E-state index is 13.0. The first-order chi connectivity index (χ1) is 14.9. The standard InChI is InChI=1S/C18H17Cl2N5O4S2/c19-11-3-1-4-12(15(11)20)21-17-18(24-30-23-17)22-13-5-2-6-14(16(13)26)31(27,28)25-7-9-29-10-8-25/h1-6,26H,7-10H2,(H,21,23)(H,22,24). The molecule has 1 aromatic heterocycles. The number of rotatable bonds is 6. The number of para-hydroxylation sites is 1. The first-order valence-corrected chi connectivity index (χ1v) is 12.0. The van der Waals surface area contributed by atoms with Gasteiger partial charge < -0.3 is 20.5 Å². The van der Waals surface area contributed by atoms with E-state index in [0.717, 1.165) is 11.7 Å². The third-order valence-electron chi connectivity index (χ3n) is 4.53. The van der Waals surface area contributed by atoms with Crippen molar-refractivity contribution in [1.82, 2.24) is 13.1 Å². The summed E-state index contributed by atoms with van der Waals surface area (Å²) in [6.07, 6.45) is 0. The van der Waals surface area contributed by atoms with Crippen LogP contribution < -0.4 is 10.6 Å². The van der Waals surface area contributed by atoms with E-state index in [-0.39, 0.29) is 29.5 Å². The fourth-order valence-corrected chi connectivity index (χ4v) is 5.29. The number of aromatic nitrogens is 2. The number of phenolic OH excluding ortho intramolecular Hbond substituents is 1. The molecule has 0 unspecified atom stereocenters. The van der Waals surface area contributed by atoms with E-state index in [0.29, 0.717) is 34.8 Å². The van der Waals surface area contributed by atoms with Crippen LogP contribution in [0, 0.1) is 0 Å². The normalized spacial score (nSPS) is 15.0. The molecular weight excluding hydrogens is 485 g/mol. The van der Waals surface area contributed by atoms with E-state index in [1.54, 1.807) is 24.3 Å². The van der Waals surface area contributed by atoms with Crippen LogP contribution in [-0.2, 0) is 14.8 Å². The summed E-state index contributed by atoms with van der Waals surface area (Å²) in [5.41, 5.74) is 0.694. The molecule has 1 aliphatic rings. The topological polar surface area (TPSA) is 117 Å². The van der Waals surface area contributed by atoms with Gasteiger partial charge in [-0.05, 0) is 24.3 Å². The zero-order valence-corrected chi connectivity index (χ0v) is 19.0. The summed E-state index contributed by atoms with van der Waals surface area (Å²) in [5, 5.41) is 17.4. The van der Waals surface area contributed by atoms with E-state index in [4.69, 9.17) is 27.9 Å². The van der Waals surface area contributed by atoms with Gasteiger partial charge in [-0.2, -0.15) is 13.1 Å². The highest BCUT2D eigenvalue weighted by atomic mass is 35.5.